The van der Waals surface area contributed by atoms with Gasteiger partial charge in [0.05, 0.1) is 18.9 Å². The van der Waals surface area contributed by atoms with Crippen LogP contribution in [-0.2, 0) is 22.6 Å². The van der Waals surface area contributed by atoms with E-state index >= 15 is 0 Å². The number of hydrogen-bond donors (Lipinski definition) is 2. The molecule has 7 heteroatoms. The van der Waals surface area contributed by atoms with Gasteiger partial charge >= 0.3 is 0 Å². The van der Waals surface area contributed by atoms with E-state index in [0.29, 0.717) is 33.0 Å². The molecule has 28 heavy (non-hydrogen) atoms. The second kappa shape index (κ2) is 13.5. The molecule has 0 aliphatic rings. The lowest BCUT2D eigenvalue weighted by Gasteiger charge is -2.12. The molecular formula is C21H30N4O3. The fourth-order valence-electron chi connectivity index (χ4n) is 2.38. The van der Waals surface area contributed by atoms with Gasteiger partial charge in [-0.25, -0.2) is 0 Å². The summed E-state index contributed by atoms with van der Waals surface area (Å²) in [5.41, 5.74) is 2.06. The Balaban J connectivity index is 1.64. The predicted molar refractivity (Wildman–Crippen MR) is 111 cm³/mol. The van der Waals surface area contributed by atoms with Crippen LogP contribution in [0.2, 0.25) is 0 Å². The molecule has 1 aromatic carbocycles. The summed E-state index contributed by atoms with van der Waals surface area (Å²) in [4.78, 5) is 8.48. The molecule has 1 heterocycles. The molecule has 2 rings (SSSR count). The van der Waals surface area contributed by atoms with Crippen molar-refractivity contribution in [3.05, 3.63) is 59.9 Å². The molecule has 7 nitrogen and oxygen atoms in total. The van der Waals surface area contributed by atoms with Crippen molar-refractivity contribution < 1.29 is 14.2 Å². The monoisotopic (exact) mass is 386 g/mol. The topological polar surface area (TPSA) is 77.0 Å². The first-order chi connectivity index (χ1) is 13.8. The van der Waals surface area contributed by atoms with Crippen molar-refractivity contribution in [1.29, 1.82) is 0 Å². The Morgan fingerprint density at radius 3 is 2.61 bits per heavy atom. The van der Waals surface area contributed by atoms with E-state index in [2.05, 4.69) is 20.6 Å². The minimum Gasteiger partial charge on any atom is -0.487 e. The molecule has 1 aromatic heterocycles. The van der Waals surface area contributed by atoms with Crippen molar-refractivity contribution in [3.8, 4) is 5.75 Å². The van der Waals surface area contributed by atoms with Crippen LogP contribution in [0.5, 0.6) is 5.75 Å². The standard InChI is InChI=1S/C21H30N4O3/c1-22-21(24-12-5-13-27-15-14-26-2)25-16-18-7-9-20(10-8-18)28-17-19-6-3-4-11-23-19/h3-4,6-11H,5,12-17H2,1-2H3,(H2,22,24,25). The Morgan fingerprint density at radius 1 is 1.04 bits per heavy atom. The number of pyridine rings is 1. The number of ether oxygens (including phenoxy) is 3. The first-order valence-electron chi connectivity index (χ1n) is 9.44. The van der Waals surface area contributed by atoms with Crippen molar-refractivity contribution in [3.63, 3.8) is 0 Å². The maximum Gasteiger partial charge on any atom is 0.191 e. The summed E-state index contributed by atoms with van der Waals surface area (Å²) in [5, 5.41) is 6.58. The van der Waals surface area contributed by atoms with Gasteiger partial charge in [0.1, 0.15) is 12.4 Å². The molecule has 0 saturated heterocycles. The van der Waals surface area contributed by atoms with Crippen molar-refractivity contribution in [2.45, 2.75) is 19.6 Å². The predicted octanol–water partition coefficient (Wildman–Crippen LogP) is 2.38. The number of guanidine groups is 1. The van der Waals surface area contributed by atoms with Crippen molar-refractivity contribution in [2.24, 2.45) is 4.99 Å². The number of nitrogens with zero attached hydrogens (tertiary/aromatic N) is 2. The summed E-state index contributed by atoms with van der Waals surface area (Å²) >= 11 is 0. The van der Waals surface area contributed by atoms with E-state index < -0.39 is 0 Å². The Kier molecular flexibility index (Phi) is 10.5. The molecule has 0 spiro atoms. The van der Waals surface area contributed by atoms with Gasteiger partial charge in [-0.05, 0) is 36.2 Å². The summed E-state index contributed by atoms with van der Waals surface area (Å²) in [6.07, 6.45) is 2.68. The molecule has 0 fully saturated rings. The van der Waals surface area contributed by atoms with E-state index in [1.807, 2.05) is 42.5 Å². The van der Waals surface area contributed by atoms with Crippen LogP contribution in [-0.4, -0.2) is 51.5 Å². The molecule has 0 unspecified atom stereocenters. The molecule has 0 radical (unpaired) electrons. The molecule has 152 valence electrons. The minimum atomic E-state index is 0.462. The highest BCUT2D eigenvalue weighted by atomic mass is 16.5. The summed E-state index contributed by atoms with van der Waals surface area (Å²) in [6, 6.07) is 13.8. The Hall–Kier alpha value is -2.64. The van der Waals surface area contributed by atoms with E-state index in [1.165, 1.54) is 0 Å². The van der Waals surface area contributed by atoms with Crippen molar-refractivity contribution in [2.75, 3.05) is 40.5 Å². The maximum atomic E-state index is 5.76. The van der Waals surface area contributed by atoms with Gasteiger partial charge in [0.2, 0.25) is 0 Å². The Labute approximate surface area is 167 Å². The van der Waals surface area contributed by atoms with Crippen LogP contribution in [0.15, 0.2) is 53.7 Å². The molecular weight excluding hydrogens is 356 g/mol. The molecule has 2 N–H and O–H groups in total. The van der Waals surface area contributed by atoms with E-state index in [4.69, 9.17) is 14.2 Å². The average molecular weight is 386 g/mol. The van der Waals surface area contributed by atoms with Crippen molar-refractivity contribution >= 4 is 5.96 Å². The van der Waals surface area contributed by atoms with Crippen LogP contribution < -0.4 is 15.4 Å². The SMILES string of the molecule is CN=C(NCCCOCCOC)NCc1ccc(OCc2ccccn2)cc1. The van der Waals surface area contributed by atoms with Gasteiger partial charge in [0.15, 0.2) is 5.96 Å². The number of nitrogens with one attached hydrogen (secondary N) is 2. The zero-order valence-corrected chi connectivity index (χ0v) is 16.7. The summed E-state index contributed by atoms with van der Waals surface area (Å²) < 4.78 is 16.1. The maximum absolute atomic E-state index is 5.76. The van der Waals surface area contributed by atoms with Gasteiger partial charge < -0.3 is 24.8 Å². The number of methoxy groups -OCH3 is 1. The number of aliphatic imine (C=N–C) groups is 1. The fraction of sp³-hybridized carbons (Fsp3) is 0.429. The highest BCUT2D eigenvalue weighted by Gasteiger charge is 2.00. The van der Waals surface area contributed by atoms with Gasteiger partial charge in [0, 0.05) is 40.1 Å². The van der Waals surface area contributed by atoms with Crippen LogP contribution in [0, 0.1) is 0 Å². The Bertz CT molecular complexity index is 678. The molecule has 0 atom stereocenters. The highest BCUT2D eigenvalue weighted by molar-refractivity contribution is 5.79. The second-order valence-corrected chi connectivity index (χ2v) is 6.06. The van der Waals surface area contributed by atoms with E-state index in [1.54, 1.807) is 20.4 Å². The third kappa shape index (κ3) is 8.83. The first-order valence-corrected chi connectivity index (χ1v) is 9.44. The normalized spacial score (nSPS) is 11.3. The van der Waals surface area contributed by atoms with E-state index in [9.17, 15) is 0 Å². The van der Waals surface area contributed by atoms with Crippen LogP contribution >= 0.6 is 0 Å². The fourth-order valence-corrected chi connectivity index (χ4v) is 2.38. The van der Waals surface area contributed by atoms with Crippen LogP contribution in [0.3, 0.4) is 0 Å². The third-order valence-electron chi connectivity index (χ3n) is 3.91. The van der Waals surface area contributed by atoms with Crippen LogP contribution in [0.25, 0.3) is 0 Å². The minimum absolute atomic E-state index is 0.462. The lowest BCUT2D eigenvalue weighted by atomic mass is 10.2. The first kappa shape index (κ1) is 21.7. The van der Waals surface area contributed by atoms with Gasteiger partial charge in [-0.2, -0.15) is 0 Å². The lowest BCUT2D eigenvalue weighted by Crippen LogP contribution is -2.37. The molecule has 0 aliphatic carbocycles. The number of benzene rings is 1. The number of hydrogen-bond acceptors (Lipinski definition) is 5. The van der Waals surface area contributed by atoms with Gasteiger partial charge in [0.25, 0.3) is 0 Å². The Morgan fingerprint density at radius 2 is 1.89 bits per heavy atom. The average Bonchev–Trinajstić information content (AvgIpc) is 2.75. The summed E-state index contributed by atoms with van der Waals surface area (Å²) in [7, 11) is 3.43. The second-order valence-electron chi connectivity index (χ2n) is 6.06. The quantitative estimate of drug-likeness (QED) is 0.331. The third-order valence-corrected chi connectivity index (χ3v) is 3.91. The molecule has 2 aromatic rings. The van der Waals surface area contributed by atoms with Gasteiger partial charge in [-0.1, -0.05) is 18.2 Å². The molecule has 0 amide bonds. The zero-order chi connectivity index (χ0) is 19.9. The zero-order valence-electron chi connectivity index (χ0n) is 16.7. The van der Waals surface area contributed by atoms with Crippen LogP contribution in [0.4, 0.5) is 0 Å². The van der Waals surface area contributed by atoms with Crippen LogP contribution in [0.1, 0.15) is 17.7 Å². The number of aromatic nitrogens is 1. The summed E-state index contributed by atoms with van der Waals surface area (Å²) in [5.74, 6) is 1.60. The van der Waals surface area contributed by atoms with Gasteiger partial charge in [-0.15, -0.1) is 0 Å². The molecule has 0 aliphatic heterocycles. The smallest absolute Gasteiger partial charge is 0.191 e. The number of rotatable bonds is 12. The molecule has 0 bridgehead atoms. The van der Waals surface area contributed by atoms with E-state index in [0.717, 1.165) is 35.9 Å². The molecule has 0 saturated carbocycles. The lowest BCUT2D eigenvalue weighted by molar-refractivity contribution is 0.0698. The van der Waals surface area contributed by atoms with E-state index in [-0.39, 0.29) is 0 Å². The largest absolute Gasteiger partial charge is 0.487 e. The summed E-state index contributed by atoms with van der Waals surface area (Å²) in [6.45, 7) is 3.91. The van der Waals surface area contributed by atoms with Gasteiger partial charge in [-0.3, -0.25) is 9.98 Å². The highest BCUT2D eigenvalue weighted by Crippen LogP contribution is 2.13. The van der Waals surface area contributed by atoms with Crippen molar-refractivity contribution in [1.82, 2.24) is 15.6 Å².